The van der Waals surface area contributed by atoms with Crippen molar-refractivity contribution >= 4 is 88.6 Å². The van der Waals surface area contributed by atoms with Crippen molar-refractivity contribution in [1.82, 2.24) is 4.57 Å². The molecule has 2 aromatic heterocycles. The van der Waals surface area contributed by atoms with Crippen LogP contribution < -0.4 is 9.80 Å². The number of hydrogen-bond acceptors (Lipinski definition) is 3. The van der Waals surface area contributed by atoms with Crippen LogP contribution in [0.25, 0.3) is 60.2 Å². The summed E-state index contributed by atoms with van der Waals surface area (Å²) in [5, 5.41) is 6.96. The van der Waals surface area contributed by atoms with Gasteiger partial charge in [-0.15, -0.1) is 0 Å². The zero-order valence-corrected chi connectivity index (χ0v) is 30.5. The van der Waals surface area contributed by atoms with Gasteiger partial charge in [0.1, 0.15) is 5.58 Å². The van der Waals surface area contributed by atoms with Crippen molar-refractivity contribution < 1.29 is 4.42 Å². The van der Waals surface area contributed by atoms with Gasteiger partial charge in [0.2, 0.25) is 0 Å². The monoisotopic (exact) mass is 717 g/mol. The second kappa shape index (κ2) is 13.1. The van der Waals surface area contributed by atoms with Crippen LogP contribution in [-0.2, 0) is 0 Å². The van der Waals surface area contributed by atoms with Gasteiger partial charge in [-0.25, -0.2) is 0 Å². The van der Waals surface area contributed by atoms with Crippen molar-refractivity contribution in [1.29, 1.82) is 0 Å². The summed E-state index contributed by atoms with van der Waals surface area (Å²) < 4.78 is 9.12. The third-order valence-electron chi connectivity index (χ3n) is 10.9. The highest BCUT2D eigenvalue weighted by atomic mass is 16.3. The fraction of sp³-hybridized carbons (Fsp3) is 0. The van der Waals surface area contributed by atoms with E-state index < -0.39 is 0 Å². The van der Waals surface area contributed by atoms with E-state index in [0.717, 1.165) is 78.0 Å². The lowest BCUT2D eigenvalue weighted by Gasteiger charge is -2.29. The van der Waals surface area contributed by atoms with Crippen molar-refractivity contribution in [2.24, 2.45) is 0 Å². The minimum atomic E-state index is 0.867. The summed E-state index contributed by atoms with van der Waals surface area (Å²) in [5.74, 6) is 0. The van der Waals surface area contributed by atoms with Gasteiger partial charge in [0.05, 0.1) is 16.7 Å². The summed E-state index contributed by atoms with van der Waals surface area (Å²) in [6, 6.07) is 75.5. The van der Waals surface area contributed by atoms with E-state index in [1.165, 1.54) is 16.3 Å². The van der Waals surface area contributed by atoms with Crippen LogP contribution in [0.2, 0.25) is 0 Å². The molecule has 0 aliphatic carbocycles. The molecule has 0 atom stereocenters. The number of rotatable bonds is 7. The third kappa shape index (κ3) is 5.15. The van der Waals surface area contributed by atoms with E-state index in [2.05, 4.69) is 221 Å². The molecule has 0 N–H and O–H groups in total. The van der Waals surface area contributed by atoms with Gasteiger partial charge >= 0.3 is 0 Å². The fourth-order valence-corrected chi connectivity index (χ4v) is 8.44. The first-order valence-corrected chi connectivity index (χ1v) is 19.0. The molecule has 0 amide bonds. The molecule has 0 saturated heterocycles. The van der Waals surface area contributed by atoms with Crippen LogP contribution in [0, 0.1) is 0 Å². The van der Waals surface area contributed by atoms with E-state index in [0.29, 0.717) is 0 Å². The third-order valence-corrected chi connectivity index (χ3v) is 10.9. The number of nitrogens with zero attached hydrogens (tertiary/aromatic N) is 3. The zero-order valence-electron chi connectivity index (χ0n) is 30.5. The Labute approximate surface area is 324 Å². The molecule has 0 aliphatic rings. The Kier molecular flexibility index (Phi) is 7.46. The van der Waals surface area contributed by atoms with Gasteiger partial charge in [0, 0.05) is 61.1 Å². The van der Waals surface area contributed by atoms with Crippen molar-refractivity contribution in [2.45, 2.75) is 0 Å². The molecule has 0 aliphatic heterocycles. The predicted molar refractivity (Wildman–Crippen MR) is 235 cm³/mol. The molecule has 56 heavy (non-hydrogen) atoms. The normalized spacial score (nSPS) is 11.6. The summed E-state index contributed by atoms with van der Waals surface area (Å²) in [6.45, 7) is 0. The van der Waals surface area contributed by atoms with E-state index in [1.807, 2.05) is 6.07 Å². The number of furan rings is 1. The van der Waals surface area contributed by atoms with Crippen LogP contribution in [0.1, 0.15) is 0 Å². The maximum Gasteiger partial charge on any atom is 0.160 e. The number of aromatic nitrogens is 1. The Balaban J connectivity index is 1.10. The minimum Gasteiger partial charge on any atom is -0.454 e. The Morgan fingerprint density at radius 2 is 0.857 bits per heavy atom. The number of hydrogen-bond donors (Lipinski definition) is 0. The topological polar surface area (TPSA) is 24.6 Å². The standard InChI is InChI=1S/C52H35N3O/c1-4-17-37(18-5-1)53(42-32-33-45-44-24-12-14-26-48(44)55(49(45)35-42)39-21-8-3-9-22-39)40-28-30-41(31-29-40)54(38-19-6-2-7-20-38)51-43-23-11-10-16-36(43)34-47-46-25-13-15-27-50(46)56-52(47)51/h1-35H. The van der Waals surface area contributed by atoms with E-state index in [9.17, 15) is 0 Å². The van der Waals surface area contributed by atoms with Crippen LogP contribution in [0.15, 0.2) is 217 Å². The van der Waals surface area contributed by atoms with Crippen LogP contribution in [0.3, 0.4) is 0 Å². The van der Waals surface area contributed by atoms with E-state index in [4.69, 9.17) is 4.42 Å². The number of para-hydroxylation sites is 5. The highest BCUT2D eigenvalue weighted by Gasteiger charge is 2.24. The molecule has 4 heteroatoms. The molecular formula is C52H35N3O. The van der Waals surface area contributed by atoms with E-state index >= 15 is 0 Å². The Morgan fingerprint density at radius 3 is 1.59 bits per heavy atom. The van der Waals surface area contributed by atoms with Gasteiger partial charge < -0.3 is 18.8 Å². The maximum absolute atomic E-state index is 6.74. The summed E-state index contributed by atoms with van der Waals surface area (Å²) in [6.07, 6.45) is 0. The smallest absolute Gasteiger partial charge is 0.160 e. The van der Waals surface area contributed by atoms with Gasteiger partial charge in [0.25, 0.3) is 0 Å². The van der Waals surface area contributed by atoms with Gasteiger partial charge in [0.15, 0.2) is 5.58 Å². The second-order valence-electron chi connectivity index (χ2n) is 14.2. The van der Waals surface area contributed by atoms with Gasteiger partial charge in [-0.05, 0) is 96.4 Å². The average Bonchev–Trinajstić information content (AvgIpc) is 3.80. The molecule has 0 spiro atoms. The lowest BCUT2D eigenvalue weighted by atomic mass is 10.0. The zero-order chi connectivity index (χ0) is 37.0. The molecule has 9 aromatic carbocycles. The number of fused-ring (bicyclic) bond motifs is 7. The van der Waals surface area contributed by atoms with Crippen LogP contribution in [0.5, 0.6) is 0 Å². The van der Waals surface area contributed by atoms with Crippen molar-refractivity contribution in [3.63, 3.8) is 0 Å². The summed E-state index contributed by atoms with van der Waals surface area (Å²) in [5.41, 5.74) is 11.6. The molecule has 0 unspecified atom stereocenters. The molecule has 4 nitrogen and oxygen atoms in total. The second-order valence-corrected chi connectivity index (χ2v) is 14.2. The molecule has 11 aromatic rings. The highest BCUT2D eigenvalue weighted by molar-refractivity contribution is 6.19. The summed E-state index contributed by atoms with van der Waals surface area (Å²) in [7, 11) is 0. The molecule has 264 valence electrons. The van der Waals surface area contributed by atoms with Crippen LogP contribution >= 0.6 is 0 Å². The van der Waals surface area contributed by atoms with E-state index in [-0.39, 0.29) is 0 Å². The van der Waals surface area contributed by atoms with Crippen molar-refractivity contribution in [3.05, 3.63) is 212 Å². The quantitative estimate of drug-likeness (QED) is 0.164. The molecule has 0 fully saturated rings. The Hall–Kier alpha value is -7.56. The first kappa shape index (κ1) is 31.9. The fourth-order valence-electron chi connectivity index (χ4n) is 8.44. The summed E-state index contributed by atoms with van der Waals surface area (Å²) >= 11 is 0. The first-order chi connectivity index (χ1) is 27.8. The molecule has 0 bridgehead atoms. The largest absolute Gasteiger partial charge is 0.454 e. The summed E-state index contributed by atoms with van der Waals surface area (Å²) in [4.78, 5) is 4.69. The van der Waals surface area contributed by atoms with Crippen LogP contribution in [0.4, 0.5) is 34.1 Å². The molecule has 2 heterocycles. The van der Waals surface area contributed by atoms with Crippen molar-refractivity contribution in [3.8, 4) is 5.69 Å². The van der Waals surface area contributed by atoms with Crippen LogP contribution in [-0.4, -0.2) is 4.57 Å². The maximum atomic E-state index is 6.74. The molecular weight excluding hydrogens is 683 g/mol. The van der Waals surface area contributed by atoms with E-state index in [1.54, 1.807) is 0 Å². The molecule has 0 saturated carbocycles. The number of benzene rings is 9. The molecule has 0 radical (unpaired) electrons. The van der Waals surface area contributed by atoms with Gasteiger partial charge in [-0.2, -0.15) is 0 Å². The highest BCUT2D eigenvalue weighted by Crippen LogP contribution is 2.47. The lowest BCUT2D eigenvalue weighted by Crippen LogP contribution is -2.12. The van der Waals surface area contributed by atoms with Gasteiger partial charge in [-0.1, -0.05) is 121 Å². The minimum absolute atomic E-state index is 0.867. The molecule has 11 rings (SSSR count). The SMILES string of the molecule is c1ccc(N(c2ccc(N(c3ccccc3)c3c4ccccc4cc4c3oc3ccccc34)cc2)c2ccc3c4ccccc4n(-c4ccccc4)c3c2)cc1. The average molecular weight is 718 g/mol. The number of anilines is 6. The first-order valence-electron chi connectivity index (χ1n) is 19.0. The lowest BCUT2D eigenvalue weighted by molar-refractivity contribution is 0.669. The Bertz CT molecular complexity index is 3180. The van der Waals surface area contributed by atoms with Gasteiger partial charge in [-0.3, -0.25) is 0 Å². The predicted octanol–water partition coefficient (Wildman–Crippen LogP) is 14.8. The van der Waals surface area contributed by atoms with Crippen molar-refractivity contribution in [2.75, 3.05) is 9.80 Å². The Morgan fingerprint density at radius 1 is 0.339 bits per heavy atom.